The maximum Gasteiger partial charge on any atom is 0.405 e. The summed E-state index contributed by atoms with van der Waals surface area (Å²) in [7, 11) is 0. The number of rotatable bonds is 4. The summed E-state index contributed by atoms with van der Waals surface area (Å²) >= 11 is 0. The van der Waals surface area contributed by atoms with Crippen molar-refractivity contribution in [2.75, 3.05) is 11.9 Å². The molecule has 0 atom stereocenters. The van der Waals surface area contributed by atoms with Crippen LogP contribution in [0.25, 0.3) is 5.69 Å². The van der Waals surface area contributed by atoms with Gasteiger partial charge in [0.1, 0.15) is 17.9 Å². The Morgan fingerprint density at radius 2 is 1.92 bits per heavy atom. The number of urea groups is 1. The van der Waals surface area contributed by atoms with Gasteiger partial charge in [-0.15, -0.1) is 0 Å². The lowest BCUT2D eigenvalue weighted by atomic mass is 10.3. The maximum absolute atomic E-state index is 13.2. The first-order valence-electron chi connectivity index (χ1n) is 6.48. The number of amides is 2. The van der Waals surface area contributed by atoms with Gasteiger partial charge < -0.3 is 20.3 Å². The zero-order chi connectivity index (χ0) is 17.9. The Bertz CT molecular complexity index is 771. The first-order valence-corrected chi connectivity index (χ1v) is 6.48. The summed E-state index contributed by atoms with van der Waals surface area (Å²) in [6, 6.07) is 3.98. The molecule has 0 radical (unpaired) electrons. The van der Waals surface area contributed by atoms with Gasteiger partial charge in [-0.25, -0.2) is 14.0 Å². The number of carbonyl (C=O) groups is 2. The van der Waals surface area contributed by atoms with Crippen molar-refractivity contribution in [3.63, 3.8) is 0 Å². The molecular formula is C14H11F4N3O3. The smallest absolute Gasteiger partial charge is 0.405 e. The van der Waals surface area contributed by atoms with Gasteiger partial charge in [-0.3, -0.25) is 0 Å². The minimum absolute atomic E-state index is 0.230. The molecule has 6 nitrogen and oxygen atoms in total. The summed E-state index contributed by atoms with van der Waals surface area (Å²) < 4.78 is 50.6. The van der Waals surface area contributed by atoms with E-state index in [0.29, 0.717) is 0 Å². The molecule has 0 saturated carbocycles. The minimum Gasteiger partial charge on any atom is -0.478 e. The third kappa shape index (κ3) is 4.48. The molecule has 0 bridgehead atoms. The molecule has 0 aliphatic rings. The van der Waals surface area contributed by atoms with Crippen molar-refractivity contribution in [1.82, 2.24) is 9.88 Å². The van der Waals surface area contributed by atoms with Crippen LogP contribution < -0.4 is 10.6 Å². The average Bonchev–Trinajstić information content (AvgIpc) is 2.88. The number of hydrogen-bond acceptors (Lipinski definition) is 2. The summed E-state index contributed by atoms with van der Waals surface area (Å²) in [5.41, 5.74) is -0.311. The Hall–Kier alpha value is -3.04. The highest BCUT2D eigenvalue weighted by Crippen LogP contribution is 2.21. The Balaban J connectivity index is 2.23. The Morgan fingerprint density at radius 1 is 1.21 bits per heavy atom. The van der Waals surface area contributed by atoms with E-state index in [0.717, 1.165) is 18.5 Å². The summed E-state index contributed by atoms with van der Waals surface area (Å²) in [5.74, 6) is -1.97. The number of hydrogen-bond donors (Lipinski definition) is 3. The van der Waals surface area contributed by atoms with Gasteiger partial charge in [-0.2, -0.15) is 13.2 Å². The molecule has 1 heterocycles. The predicted molar refractivity (Wildman–Crippen MR) is 75.8 cm³/mol. The Labute approximate surface area is 132 Å². The molecule has 1 aromatic heterocycles. The van der Waals surface area contributed by atoms with Crippen LogP contribution in [0.1, 0.15) is 10.4 Å². The van der Waals surface area contributed by atoms with E-state index in [4.69, 9.17) is 5.11 Å². The normalized spacial score (nSPS) is 11.2. The van der Waals surface area contributed by atoms with Crippen LogP contribution in [0.3, 0.4) is 0 Å². The molecule has 0 unspecified atom stereocenters. The molecule has 3 N–H and O–H groups in total. The number of benzene rings is 1. The zero-order valence-electron chi connectivity index (χ0n) is 11.9. The quantitative estimate of drug-likeness (QED) is 0.745. The van der Waals surface area contributed by atoms with Gasteiger partial charge in [0.15, 0.2) is 0 Å². The molecule has 0 saturated heterocycles. The molecule has 10 heteroatoms. The van der Waals surface area contributed by atoms with Gasteiger partial charge in [0.25, 0.3) is 0 Å². The topological polar surface area (TPSA) is 83.4 Å². The van der Waals surface area contributed by atoms with E-state index < -0.39 is 30.5 Å². The number of carboxylic acid groups (broad SMARTS) is 1. The number of aromatic carboxylic acids is 1. The van der Waals surface area contributed by atoms with E-state index in [1.54, 1.807) is 5.32 Å². The highest BCUT2D eigenvalue weighted by Gasteiger charge is 2.28. The Kier molecular flexibility index (Phi) is 4.77. The first kappa shape index (κ1) is 17.3. The summed E-state index contributed by atoms with van der Waals surface area (Å²) in [6.45, 7) is -1.56. The van der Waals surface area contributed by atoms with E-state index in [1.807, 2.05) is 5.32 Å². The van der Waals surface area contributed by atoms with Crippen LogP contribution in [0.5, 0.6) is 0 Å². The summed E-state index contributed by atoms with van der Waals surface area (Å²) in [6.07, 6.45) is -2.33. The number of aromatic nitrogens is 1. The number of anilines is 1. The SMILES string of the molecule is O=C(NCC(F)(F)F)Nc1cn(-c2cccc(F)c2)cc1C(=O)O. The lowest BCUT2D eigenvalue weighted by Gasteiger charge is -2.09. The van der Waals surface area contributed by atoms with Crippen LogP contribution >= 0.6 is 0 Å². The second kappa shape index (κ2) is 6.60. The molecule has 2 amide bonds. The minimum atomic E-state index is -4.60. The van der Waals surface area contributed by atoms with Gasteiger partial charge in [0, 0.05) is 18.1 Å². The third-order valence-electron chi connectivity index (χ3n) is 2.86. The molecule has 0 aliphatic heterocycles. The van der Waals surface area contributed by atoms with Crippen LogP contribution in [0.2, 0.25) is 0 Å². The van der Waals surface area contributed by atoms with Gasteiger partial charge in [0.2, 0.25) is 0 Å². The first-order chi connectivity index (χ1) is 11.2. The molecule has 0 aliphatic carbocycles. The van der Waals surface area contributed by atoms with E-state index in [-0.39, 0.29) is 16.9 Å². The monoisotopic (exact) mass is 345 g/mol. The number of halogens is 4. The standard InChI is InChI=1S/C14H11F4N3O3/c15-8-2-1-3-9(4-8)21-5-10(12(22)23)11(6-21)20-13(24)19-7-14(16,17)18/h1-6H,7H2,(H,22,23)(H2,19,20,24). The maximum atomic E-state index is 13.2. The van der Waals surface area contributed by atoms with Crippen LogP contribution in [-0.2, 0) is 0 Å². The number of nitrogens with zero attached hydrogens (tertiary/aromatic N) is 1. The Morgan fingerprint density at radius 3 is 2.50 bits per heavy atom. The van der Waals surface area contributed by atoms with Crippen LogP contribution in [0.15, 0.2) is 36.7 Å². The fourth-order valence-corrected chi connectivity index (χ4v) is 1.86. The molecule has 2 rings (SSSR count). The van der Waals surface area contributed by atoms with Crippen molar-refractivity contribution in [2.24, 2.45) is 0 Å². The number of carboxylic acids is 1. The summed E-state index contributed by atoms with van der Waals surface area (Å²) in [5, 5.41) is 12.7. The second-order valence-corrected chi connectivity index (χ2v) is 4.70. The van der Waals surface area contributed by atoms with Crippen molar-refractivity contribution >= 4 is 17.7 Å². The van der Waals surface area contributed by atoms with E-state index >= 15 is 0 Å². The van der Waals surface area contributed by atoms with Gasteiger partial charge in [-0.05, 0) is 18.2 Å². The van der Waals surface area contributed by atoms with E-state index in [2.05, 4.69) is 0 Å². The number of carbonyl (C=O) groups excluding carboxylic acids is 1. The lowest BCUT2D eigenvalue weighted by molar-refractivity contribution is -0.122. The van der Waals surface area contributed by atoms with Gasteiger partial charge >= 0.3 is 18.2 Å². The van der Waals surface area contributed by atoms with Crippen molar-refractivity contribution in [3.8, 4) is 5.69 Å². The van der Waals surface area contributed by atoms with Gasteiger partial charge in [-0.1, -0.05) is 6.07 Å². The van der Waals surface area contributed by atoms with Gasteiger partial charge in [0.05, 0.1) is 5.69 Å². The van der Waals surface area contributed by atoms with Crippen LogP contribution in [0.4, 0.5) is 28.0 Å². The average molecular weight is 345 g/mol. The van der Waals surface area contributed by atoms with E-state index in [9.17, 15) is 27.2 Å². The molecule has 1 aromatic carbocycles. The highest BCUT2D eigenvalue weighted by molar-refractivity contribution is 6.00. The molecule has 0 fully saturated rings. The second-order valence-electron chi connectivity index (χ2n) is 4.70. The van der Waals surface area contributed by atoms with Crippen LogP contribution in [-0.4, -0.2) is 34.4 Å². The van der Waals surface area contributed by atoms with E-state index in [1.165, 1.54) is 22.8 Å². The molecular weight excluding hydrogens is 334 g/mol. The predicted octanol–water partition coefficient (Wildman–Crippen LogP) is 3.00. The van der Waals surface area contributed by atoms with Crippen molar-refractivity contribution < 1.29 is 32.3 Å². The number of alkyl halides is 3. The molecule has 128 valence electrons. The highest BCUT2D eigenvalue weighted by atomic mass is 19.4. The largest absolute Gasteiger partial charge is 0.478 e. The van der Waals surface area contributed by atoms with Crippen molar-refractivity contribution in [2.45, 2.75) is 6.18 Å². The molecule has 24 heavy (non-hydrogen) atoms. The van der Waals surface area contributed by atoms with Crippen LogP contribution in [0, 0.1) is 5.82 Å². The third-order valence-corrected chi connectivity index (χ3v) is 2.86. The molecule has 2 aromatic rings. The lowest BCUT2D eigenvalue weighted by Crippen LogP contribution is -2.36. The fraction of sp³-hybridized carbons (Fsp3) is 0.143. The summed E-state index contributed by atoms with van der Waals surface area (Å²) in [4.78, 5) is 22.6. The van der Waals surface area contributed by atoms with Crippen molar-refractivity contribution in [3.05, 3.63) is 48.0 Å². The van der Waals surface area contributed by atoms with Crippen molar-refractivity contribution in [1.29, 1.82) is 0 Å². The fourth-order valence-electron chi connectivity index (χ4n) is 1.86. The molecule has 0 spiro atoms. The number of nitrogens with one attached hydrogen (secondary N) is 2. The zero-order valence-corrected chi connectivity index (χ0v) is 11.9.